The van der Waals surface area contributed by atoms with Crippen LogP contribution in [0.15, 0.2) is 53.4 Å². The van der Waals surface area contributed by atoms with Crippen molar-refractivity contribution < 1.29 is 9.18 Å². The highest BCUT2D eigenvalue weighted by Crippen LogP contribution is 2.18. The van der Waals surface area contributed by atoms with Gasteiger partial charge in [-0.05, 0) is 41.6 Å². The summed E-state index contributed by atoms with van der Waals surface area (Å²) in [7, 11) is 0. The second kappa shape index (κ2) is 7.81. The highest BCUT2D eigenvalue weighted by molar-refractivity contribution is 7.98. The number of hydrogen-bond acceptors (Lipinski definition) is 3. The molecule has 0 spiro atoms. The van der Waals surface area contributed by atoms with Crippen molar-refractivity contribution in [3.05, 3.63) is 65.5 Å². The number of nitrogens with zero attached hydrogens (tertiary/aromatic N) is 1. The lowest BCUT2D eigenvalue weighted by atomic mass is 10.2. The molecule has 3 nitrogen and oxygen atoms in total. The lowest BCUT2D eigenvalue weighted by Crippen LogP contribution is -2.32. The van der Waals surface area contributed by atoms with Crippen molar-refractivity contribution in [1.82, 2.24) is 10.2 Å². The normalized spacial score (nSPS) is 17.5. The Hall–Kier alpha value is -1.85. The van der Waals surface area contributed by atoms with Gasteiger partial charge in [0.2, 0.25) is 5.91 Å². The first kappa shape index (κ1) is 17.0. The van der Waals surface area contributed by atoms with Crippen LogP contribution in [-0.2, 0) is 17.9 Å². The van der Waals surface area contributed by atoms with Gasteiger partial charge in [-0.2, -0.15) is 0 Å². The molecule has 0 bridgehead atoms. The molecule has 0 aromatic heterocycles. The van der Waals surface area contributed by atoms with Gasteiger partial charge < -0.3 is 10.2 Å². The minimum absolute atomic E-state index is 0.148. The van der Waals surface area contributed by atoms with Gasteiger partial charge in [0, 0.05) is 37.0 Å². The lowest BCUT2D eigenvalue weighted by molar-refractivity contribution is -0.128. The van der Waals surface area contributed by atoms with Crippen molar-refractivity contribution in [2.24, 2.45) is 0 Å². The Labute approximate surface area is 146 Å². The maximum atomic E-state index is 13.0. The number of carbonyl (C=O) groups excluding carboxylic acids is 1. The zero-order chi connectivity index (χ0) is 16.9. The zero-order valence-electron chi connectivity index (χ0n) is 13.7. The van der Waals surface area contributed by atoms with Crippen LogP contribution in [0.2, 0.25) is 0 Å². The molecule has 2 aromatic carbocycles. The van der Waals surface area contributed by atoms with E-state index in [0.717, 1.165) is 12.1 Å². The van der Waals surface area contributed by atoms with Crippen LogP contribution in [0.25, 0.3) is 0 Å². The van der Waals surface area contributed by atoms with Crippen LogP contribution in [-0.4, -0.2) is 29.6 Å². The molecule has 1 heterocycles. The molecular weight excluding hydrogens is 323 g/mol. The summed E-state index contributed by atoms with van der Waals surface area (Å²) < 4.78 is 13.0. The SMILES string of the molecule is CSc1cccc(CN[C@H]2CC(=O)N(Cc3ccc(F)cc3)C2)c1. The van der Waals surface area contributed by atoms with E-state index >= 15 is 0 Å². The molecule has 0 radical (unpaired) electrons. The largest absolute Gasteiger partial charge is 0.337 e. The van der Waals surface area contributed by atoms with Gasteiger partial charge >= 0.3 is 0 Å². The van der Waals surface area contributed by atoms with Crippen LogP contribution in [0.4, 0.5) is 4.39 Å². The Morgan fingerprint density at radius 3 is 2.75 bits per heavy atom. The van der Waals surface area contributed by atoms with Crippen LogP contribution < -0.4 is 5.32 Å². The van der Waals surface area contributed by atoms with E-state index in [1.807, 2.05) is 4.90 Å². The van der Waals surface area contributed by atoms with Crippen LogP contribution in [0.1, 0.15) is 17.5 Å². The van der Waals surface area contributed by atoms with E-state index in [4.69, 9.17) is 0 Å². The van der Waals surface area contributed by atoms with E-state index in [-0.39, 0.29) is 17.8 Å². The van der Waals surface area contributed by atoms with E-state index in [1.165, 1.54) is 22.6 Å². The summed E-state index contributed by atoms with van der Waals surface area (Å²) in [6.07, 6.45) is 2.58. The van der Waals surface area contributed by atoms with Gasteiger partial charge in [-0.15, -0.1) is 11.8 Å². The third-order valence-electron chi connectivity index (χ3n) is 4.23. The van der Waals surface area contributed by atoms with E-state index < -0.39 is 0 Å². The van der Waals surface area contributed by atoms with Gasteiger partial charge in [0.05, 0.1) is 0 Å². The van der Waals surface area contributed by atoms with E-state index in [2.05, 4.69) is 35.8 Å². The van der Waals surface area contributed by atoms with Crippen molar-refractivity contribution >= 4 is 17.7 Å². The van der Waals surface area contributed by atoms with Crippen molar-refractivity contribution in [3.8, 4) is 0 Å². The van der Waals surface area contributed by atoms with E-state index in [9.17, 15) is 9.18 Å². The van der Waals surface area contributed by atoms with Gasteiger partial charge in [-0.3, -0.25) is 4.79 Å². The second-order valence-electron chi connectivity index (χ2n) is 6.03. The fourth-order valence-corrected chi connectivity index (χ4v) is 3.40. The number of nitrogens with one attached hydrogen (secondary N) is 1. The summed E-state index contributed by atoms with van der Waals surface area (Å²) in [6, 6.07) is 14.9. The molecular formula is C19H21FN2OS. The summed E-state index contributed by atoms with van der Waals surface area (Å²) in [5, 5.41) is 3.47. The molecule has 5 heteroatoms. The predicted octanol–water partition coefficient (Wildman–Crippen LogP) is 3.44. The molecule has 24 heavy (non-hydrogen) atoms. The summed E-state index contributed by atoms with van der Waals surface area (Å²) in [5.41, 5.74) is 2.18. The standard InChI is InChI=1S/C19H21FN2OS/c1-24-18-4-2-3-15(9-18)11-21-17-10-19(23)22(13-17)12-14-5-7-16(20)8-6-14/h2-9,17,21H,10-13H2,1H3/t17-/m0/s1. The molecule has 126 valence electrons. The average Bonchev–Trinajstić information content (AvgIpc) is 2.95. The molecule has 1 fully saturated rings. The first-order valence-corrected chi connectivity index (χ1v) is 9.25. The number of likely N-dealkylation sites (tertiary alicyclic amines) is 1. The Morgan fingerprint density at radius 2 is 2.00 bits per heavy atom. The van der Waals surface area contributed by atoms with Crippen molar-refractivity contribution in [2.45, 2.75) is 30.4 Å². The summed E-state index contributed by atoms with van der Waals surface area (Å²) >= 11 is 1.73. The Bertz CT molecular complexity index is 705. The molecule has 1 aliphatic heterocycles. The number of benzene rings is 2. The Balaban J connectivity index is 1.53. The second-order valence-corrected chi connectivity index (χ2v) is 6.91. The summed E-state index contributed by atoms with van der Waals surface area (Å²) in [6.45, 7) is 1.99. The molecule has 2 aromatic rings. The molecule has 0 aliphatic carbocycles. The first-order chi connectivity index (χ1) is 11.6. The topological polar surface area (TPSA) is 32.3 Å². The Kier molecular flexibility index (Phi) is 5.53. The first-order valence-electron chi connectivity index (χ1n) is 8.02. The van der Waals surface area contributed by atoms with Crippen molar-refractivity contribution in [2.75, 3.05) is 12.8 Å². The van der Waals surface area contributed by atoms with Gasteiger partial charge in [0.15, 0.2) is 0 Å². The summed E-state index contributed by atoms with van der Waals surface area (Å²) in [4.78, 5) is 15.3. The van der Waals surface area contributed by atoms with Crippen LogP contribution in [0.3, 0.4) is 0 Å². The quantitative estimate of drug-likeness (QED) is 0.815. The molecule has 0 saturated carbocycles. The van der Waals surface area contributed by atoms with Gasteiger partial charge in [-0.1, -0.05) is 24.3 Å². The smallest absolute Gasteiger partial charge is 0.224 e. The predicted molar refractivity (Wildman–Crippen MR) is 95.3 cm³/mol. The third-order valence-corrected chi connectivity index (χ3v) is 4.96. The number of rotatable bonds is 6. The van der Waals surface area contributed by atoms with Crippen molar-refractivity contribution in [3.63, 3.8) is 0 Å². The minimum Gasteiger partial charge on any atom is -0.337 e. The fourth-order valence-electron chi connectivity index (χ4n) is 2.92. The highest BCUT2D eigenvalue weighted by Gasteiger charge is 2.29. The maximum absolute atomic E-state index is 13.0. The lowest BCUT2D eigenvalue weighted by Gasteiger charge is -2.17. The average molecular weight is 344 g/mol. The minimum atomic E-state index is -0.251. The molecule has 0 unspecified atom stereocenters. The van der Waals surface area contributed by atoms with Crippen LogP contribution >= 0.6 is 11.8 Å². The van der Waals surface area contributed by atoms with Crippen molar-refractivity contribution in [1.29, 1.82) is 0 Å². The molecule has 1 amide bonds. The number of thioether (sulfide) groups is 1. The number of halogens is 1. The molecule has 3 rings (SSSR count). The molecule has 1 atom stereocenters. The van der Waals surface area contributed by atoms with Gasteiger partial charge in [0.1, 0.15) is 5.82 Å². The monoisotopic (exact) mass is 344 g/mol. The van der Waals surface area contributed by atoms with E-state index in [0.29, 0.717) is 19.5 Å². The summed E-state index contributed by atoms with van der Waals surface area (Å²) in [5.74, 6) is -0.104. The van der Waals surface area contributed by atoms with Gasteiger partial charge in [0.25, 0.3) is 0 Å². The Morgan fingerprint density at radius 1 is 1.21 bits per heavy atom. The number of carbonyl (C=O) groups is 1. The third kappa shape index (κ3) is 4.36. The zero-order valence-corrected chi connectivity index (χ0v) is 14.5. The van der Waals surface area contributed by atoms with Crippen LogP contribution in [0.5, 0.6) is 0 Å². The molecule has 1 N–H and O–H groups in total. The number of hydrogen-bond donors (Lipinski definition) is 1. The fraction of sp³-hybridized carbons (Fsp3) is 0.316. The van der Waals surface area contributed by atoms with Gasteiger partial charge in [-0.25, -0.2) is 4.39 Å². The molecule has 1 aliphatic rings. The highest BCUT2D eigenvalue weighted by atomic mass is 32.2. The molecule has 1 saturated heterocycles. The van der Waals surface area contributed by atoms with Crippen LogP contribution in [0, 0.1) is 5.82 Å². The maximum Gasteiger partial charge on any atom is 0.224 e. The number of amides is 1. The van der Waals surface area contributed by atoms with E-state index in [1.54, 1.807) is 23.9 Å².